The Kier molecular flexibility index (Phi) is 6.09. The number of nitrogens with zero attached hydrogens (tertiary/aromatic N) is 2. The van der Waals surface area contributed by atoms with E-state index in [4.69, 9.17) is 0 Å². The van der Waals surface area contributed by atoms with E-state index in [1.165, 1.54) is 32.1 Å². The van der Waals surface area contributed by atoms with Gasteiger partial charge in [0.15, 0.2) is 0 Å². The van der Waals surface area contributed by atoms with Crippen molar-refractivity contribution in [3.05, 3.63) is 0 Å². The molecule has 0 bridgehead atoms. The Hall–Kier alpha value is -0.380. The van der Waals surface area contributed by atoms with Gasteiger partial charge in [-0.1, -0.05) is 19.3 Å². The molecule has 1 saturated carbocycles. The van der Waals surface area contributed by atoms with Gasteiger partial charge >= 0.3 is 6.18 Å². The lowest BCUT2D eigenvalue weighted by Crippen LogP contribution is -2.53. The predicted octanol–water partition coefficient (Wildman–Crippen LogP) is 1.58. The van der Waals surface area contributed by atoms with Crippen LogP contribution in [-0.2, 0) is 10.2 Å². The van der Waals surface area contributed by atoms with E-state index in [9.17, 15) is 21.6 Å². The average Bonchev–Trinajstić information content (AvgIpc) is 2.46. The van der Waals surface area contributed by atoms with Crippen LogP contribution >= 0.6 is 0 Å². The van der Waals surface area contributed by atoms with E-state index in [1.54, 1.807) is 4.72 Å². The van der Waals surface area contributed by atoms with Crippen molar-refractivity contribution in [2.24, 2.45) is 5.92 Å². The lowest BCUT2D eigenvalue weighted by atomic mass is 9.89. The molecule has 1 aliphatic carbocycles. The van der Waals surface area contributed by atoms with Gasteiger partial charge in [0.05, 0.1) is 0 Å². The highest BCUT2D eigenvalue weighted by molar-refractivity contribution is 7.87. The lowest BCUT2D eigenvalue weighted by Gasteiger charge is -2.36. The fourth-order valence-electron chi connectivity index (χ4n) is 3.15. The van der Waals surface area contributed by atoms with Crippen LogP contribution in [0.15, 0.2) is 0 Å². The molecule has 0 unspecified atom stereocenters. The Labute approximate surface area is 130 Å². The van der Waals surface area contributed by atoms with Gasteiger partial charge in [-0.3, -0.25) is 0 Å². The van der Waals surface area contributed by atoms with Crippen molar-refractivity contribution in [2.75, 3.05) is 39.3 Å². The highest BCUT2D eigenvalue weighted by Gasteiger charge is 2.33. The molecular weight excluding hydrogens is 319 g/mol. The summed E-state index contributed by atoms with van der Waals surface area (Å²) in [5.41, 5.74) is 0. The van der Waals surface area contributed by atoms with Crippen LogP contribution in [0.3, 0.4) is 0 Å². The zero-order valence-corrected chi connectivity index (χ0v) is 13.4. The van der Waals surface area contributed by atoms with E-state index in [2.05, 4.69) is 4.90 Å². The van der Waals surface area contributed by atoms with Crippen LogP contribution in [-0.4, -0.2) is 63.1 Å². The summed E-state index contributed by atoms with van der Waals surface area (Å²) in [5.74, 6) is 0.681. The second-order valence-corrected chi connectivity index (χ2v) is 7.90. The molecule has 0 aromatic carbocycles. The molecule has 5 nitrogen and oxygen atoms in total. The highest BCUT2D eigenvalue weighted by atomic mass is 32.2. The van der Waals surface area contributed by atoms with Crippen LogP contribution in [0.5, 0.6) is 0 Å². The smallest absolute Gasteiger partial charge is 0.300 e. The van der Waals surface area contributed by atoms with Crippen LogP contribution in [0.1, 0.15) is 32.1 Å². The fraction of sp³-hybridized carbons (Fsp3) is 1.00. The van der Waals surface area contributed by atoms with Crippen LogP contribution in [0.4, 0.5) is 13.2 Å². The van der Waals surface area contributed by atoms with E-state index in [1.807, 2.05) is 0 Å². The first-order chi connectivity index (χ1) is 10.3. The van der Waals surface area contributed by atoms with E-state index >= 15 is 0 Å². The van der Waals surface area contributed by atoms with Crippen molar-refractivity contribution in [2.45, 2.75) is 38.3 Å². The summed E-state index contributed by atoms with van der Waals surface area (Å²) in [6, 6.07) is 0. The van der Waals surface area contributed by atoms with Crippen LogP contribution in [0.25, 0.3) is 0 Å². The van der Waals surface area contributed by atoms with Gasteiger partial charge in [-0.05, 0) is 18.8 Å². The third kappa shape index (κ3) is 5.68. The van der Waals surface area contributed by atoms with E-state index in [-0.39, 0.29) is 13.1 Å². The van der Waals surface area contributed by atoms with Crippen LogP contribution in [0.2, 0.25) is 0 Å². The monoisotopic (exact) mass is 343 g/mol. The normalized spacial score (nSPS) is 23.8. The Balaban J connectivity index is 1.76. The van der Waals surface area contributed by atoms with Gasteiger partial charge in [0.1, 0.15) is 6.54 Å². The number of nitrogens with one attached hydrogen (secondary N) is 1. The van der Waals surface area contributed by atoms with Crippen molar-refractivity contribution in [3.63, 3.8) is 0 Å². The van der Waals surface area contributed by atoms with E-state index in [0.717, 1.165) is 10.8 Å². The molecule has 2 rings (SSSR count). The predicted molar refractivity (Wildman–Crippen MR) is 77.6 cm³/mol. The zero-order chi connectivity index (χ0) is 16.2. The molecule has 1 N–H and O–H groups in total. The van der Waals surface area contributed by atoms with Gasteiger partial charge in [-0.25, -0.2) is 0 Å². The molecular formula is C13H24F3N3O2S. The number of halogens is 3. The van der Waals surface area contributed by atoms with Gasteiger partial charge in [0.25, 0.3) is 10.2 Å². The Bertz CT molecular complexity index is 442. The van der Waals surface area contributed by atoms with E-state index < -0.39 is 22.9 Å². The number of hydrogen-bond acceptors (Lipinski definition) is 3. The summed E-state index contributed by atoms with van der Waals surface area (Å²) in [7, 11) is -4.04. The molecule has 1 heterocycles. The van der Waals surface area contributed by atoms with Crippen molar-refractivity contribution in [1.82, 2.24) is 13.9 Å². The van der Waals surface area contributed by atoms with Crippen LogP contribution < -0.4 is 4.72 Å². The van der Waals surface area contributed by atoms with Gasteiger partial charge in [0.2, 0.25) is 0 Å². The molecule has 1 aliphatic heterocycles. The minimum absolute atomic E-state index is 0.250. The van der Waals surface area contributed by atoms with Crippen LogP contribution in [0, 0.1) is 5.92 Å². The van der Waals surface area contributed by atoms with E-state index in [0.29, 0.717) is 19.0 Å². The Morgan fingerprint density at radius 1 is 1.00 bits per heavy atom. The fourth-order valence-corrected chi connectivity index (χ4v) is 4.32. The first-order valence-corrected chi connectivity index (χ1v) is 9.24. The maximum atomic E-state index is 12.1. The average molecular weight is 343 g/mol. The summed E-state index contributed by atoms with van der Waals surface area (Å²) in [4.78, 5) is 2.23. The third-order valence-corrected chi connectivity index (χ3v) is 5.92. The maximum absolute atomic E-state index is 12.1. The quantitative estimate of drug-likeness (QED) is 0.825. The maximum Gasteiger partial charge on any atom is 0.402 e. The standard InChI is InChI=1S/C13H24F3N3O2S/c14-13(15,16)11-17-22(20,21)19-8-6-18(7-9-19)10-12-4-2-1-3-5-12/h12,17H,1-11H2. The third-order valence-electron chi connectivity index (χ3n) is 4.37. The highest BCUT2D eigenvalue weighted by Crippen LogP contribution is 2.25. The largest absolute Gasteiger partial charge is 0.402 e. The molecule has 2 aliphatic rings. The Morgan fingerprint density at radius 2 is 1.59 bits per heavy atom. The topological polar surface area (TPSA) is 52.7 Å². The molecule has 9 heteroatoms. The van der Waals surface area contributed by atoms with Crippen molar-refractivity contribution < 1.29 is 21.6 Å². The molecule has 0 spiro atoms. The molecule has 0 amide bonds. The molecule has 130 valence electrons. The lowest BCUT2D eigenvalue weighted by molar-refractivity contribution is -0.121. The summed E-state index contributed by atoms with van der Waals surface area (Å²) < 4.78 is 62.7. The number of alkyl halides is 3. The second-order valence-electron chi connectivity index (χ2n) is 6.15. The number of rotatable bonds is 5. The number of hydrogen-bond donors (Lipinski definition) is 1. The van der Waals surface area contributed by atoms with Crippen molar-refractivity contribution >= 4 is 10.2 Å². The summed E-state index contributed by atoms with van der Waals surface area (Å²) >= 11 is 0. The van der Waals surface area contributed by atoms with Crippen molar-refractivity contribution in [3.8, 4) is 0 Å². The summed E-state index contributed by atoms with van der Waals surface area (Å²) in [6.45, 7) is 1.13. The molecule has 2 fully saturated rings. The molecule has 0 atom stereocenters. The van der Waals surface area contributed by atoms with Gasteiger partial charge in [-0.2, -0.15) is 30.6 Å². The minimum Gasteiger partial charge on any atom is -0.300 e. The van der Waals surface area contributed by atoms with Gasteiger partial charge < -0.3 is 4.90 Å². The molecule has 0 aromatic rings. The number of piperazine rings is 1. The minimum atomic E-state index is -4.53. The SMILES string of the molecule is O=S(=O)(NCC(F)(F)F)N1CCN(CC2CCCCC2)CC1. The molecule has 0 radical (unpaired) electrons. The Morgan fingerprint density at radius 3 is 2.14 bits per heavy atom. The first kappa shape index (κ1) is 18.0. The summed E-state index contributed by atoms with van der Waals surface area (Å²) in [6.07, 6.45) is 1.75. The van der Waals surface area contributed by atoms with Gasteiger partial charge in [0, 0.05) is 32.7 Å². The summed E-state index contributed by atoms with van der Waals surface area (Å²) in [5, 5.41) is 0. The van der Waals surface area contributed by atoms with Crippen molar-refractivity contribution in [1.29, 1.82) is 0 Å². The molecule has 22 heavy (non-hydrogen) atoms. The molecule has 0 aromatic heterocycles. The first-order valence-electron chi connectivity index (χ1n) is 7.80. The molecule has 1 saturated heterocycles. The zero-order valence-electron chi connectivity index (χ0n) is 12.6. The van der Waals surface area contributed by atoms with Gasteiger partial charge in [-0.15, -0.1) is 0 Å². The second kappa shape index (κ2) is 7.46.